The van der Waals surface area contributed by atoms with Gasteiger partial charge in [0.25, 0.3) is 5.91 Å². The van der Waals surface area contributed by atoms with E-state index in [1.165, 1.54) is 26.4 Å². The highest BCUT2D eigenvalue weighted by Crippen LogP contribution is 2.33. The molecule has 7 heteroatoms. The van der Waals surface area contributed by atoms with Crippen LogP contribution in [0.25, 0.3) is 0 Å². The number of carbonyl (C=O) groups excluding carboxylic acids is 1. The van der Waals surface area contributed by atoms with Gasteiger partial charge in [-0.2, -0.15) is 0 Å². The molecule has 6 nitrogen and oxygen atoms in total. The zero-order valence-corrected chi connectivity index (χ0v) is 14.0. The molecule has 2 aromatic rings. The molecule has 2 rings (SSSR count). The third kappa shape index (κ3) is 3.62. The van der Waals surface area contributed by atoms with Gasteiger partial charge in [-0.15, -0.1) is 0 Å². The van der Waals surface area contributed by atoms with Crippen LogP contribution in [0.1, 0.15) is 20.7 Å². The molecule has 0 atom stereocenters. The van der Waals surface area contributed by atoms with E-state index in [1.54, 1.807) is 24.3 Å². The van der Waals surface area contributed by atoms with Crippen LogP contribution in [0.5, 0.6) is 11.5 Å². The third-order valence-corrected chi connectivity index (χ3v) is 3.81. The summed E-state index contributed by atoms with van der Waals surface area (Å²) in [6.07, 6.45) is 0. The number of carboxylic acids is 1. The van der Waals surface area contributed by atoms with Crippen LogP contribution in [0.3, 0.4) is 0 Å². The number of methoxy groups -OCH3 is 2. The summed E-state index contributed by atoms with van der Waals surface area (Å²) < 4.78 is 10.8. The average molecular weight is 380 g/mol. The Labute approximate surface area is 141 Å². The number of halogens is 1. The second-order valence-electron chi connectivity index (χ2n) is 4.49. The fourth-order valence-corrected chi connectivity index (χ4v) is 2.46. The molecule has 23 heavy (non-hydrogen) atoms. The van der Waals surface area contributed by atoms with Crippen LogP contribution in [0.2, 0.25) is 0 Å². The maximum Gasteiger partial charge on any atom is 0.337 e. The van der Waals surface area contributed by atoms with Crippen molar-refractivity contribution in [3.8, 4) is 11.5 Å². The molecular weight excluding hydrogens is 366 g/mol. The van der Waals surface area contributed by atoms with Crippen LogP contribution >= 0.6 is 15.9 Å². The Bertz CT molecular complexity index is 760. The number of hydrogen-bond donors (Lipinski definition) is 2. The van der Waals surface area contributed by atoms with Gasteiger partial charge in [0.1, 0.15) is 0 Å². The summed E-state index contributed by atoms with van der Waals surface area (Å²) in [4.78, 5) is 23.8. The van der Waals surface area contributed by atoms with Crippen LogP contribution in [0.15, 0.2) is 40.9 Å². The summed E-state index contributed by atoms with van der Waals surface area (Å²) in [7, 11) is 2.83. The van der Waals surface area contributed by atoms with Gasteiger partial charge in [-0.25, -0.2) is 4.79 Å². The van der Waals surface area contributed by atoms with Crippen LogP contribution < -0.4 is 14.8 Å². The van der Waals surface area contributed by atoms with Crippen molar-refractivity contribution in [2.75, 3.05) is 19.5 Å². The van der Waals surface area contributed by atoms with Crippen LogP contribution in [-0.2, 0) is 0 Å². The van der Waals surface area contributed by atoms with E-state index < -0.39 is 11.9 Å². The van der Waals surface area contributed by atoms with Gasteiger partial charge < -0.3 is 19.9 Å². The number of ether oxygens (including phenoxy) is 2. The first-order chi connectivity index (χ1) is 11.0. The van der Waals surface area contributed by atoms with Gasteiger partial charge in [0.05, 0.1) is 31.0 Å². The first-order valence-corrected chi connectivity index (χ1v) is 7.32. The van der Waals surface area contributed by atoms with E-state index in [-0.39, 0.29) is 17.0 Å². The van der Waals surface area contributed by atoms with Crippen LogP contribution in [0, 0.1) is 0 Å². The predicted octanol–water partition coefficient (Wildman–Crippen LogP) is 3.42. The maximum absolute atomic E-state index is 12.4. The van der Waals surface area contributed by atoms with Gasteiger partial charge in [0, 0.05) is 16.6 Å². The first kappa shape index (κ1) is 16.8. The SMILES string of the molecule is COc1cc(NC(=O)c2ccccc2Br)c(C(=O)O)cc1OC. The minimum atomic E-state index is -1.19. The molecule has 0 aliphatic rings. The molecule has 0 aliphatic carbocycles. The second kappa shape index (κ2) is 7.15. The van der Waals surface area contributed by atoms with Gasteiger partial charge in [-0.1, -0.05) is 12.1 Å². The molecular formula is C16H14BrNO5. The van der Waals surface area contributed by atoms with Gasteiger partial charge in [0.15, 0.2) is 11.5 Å². The van der Waals surface area contributed by atoms with Gasteiger partial charge in [0.2, 0.25) is 0 Å². The molecule has 0 aromatic heterocycles. The van der Waals surface area contributed by atoms with Crippen LogP contribution in [0.4, 0.5) is 5.69 Å². The Balaban J connectivity index is 2.44. The fraction of sp³-hybridized carbons (Fsp3) is 0.125. The number of benzene rings is 2. The molecule has 0 aliphatic heterocycles. The maximum atomic E-state index is 12.4. The quantitative estimate of drug-likeness (QED) is 0.831. The van der Waals surface area contributed by atoms with E-state index in [9.17, 15) is 14.7 Å². The van der Waals surface area contributed by atoms with E-state index in [2.05, 4.69) is 21.2 Å². The zero-order valence-electron chi connectivity index (χ0n) is 12.4. The Hall–Kier alpha value is -2.54. The lowest BCUT2D eigenvalue weighted by Gasteiger charge is -2.14. The Morgan fingerprint density at radius 3 is 2.22 bits per heavy atom. The Morgan fingerprint density at radius 1 is 1.04 bits per heavy atom. The summed E-state index contributed by atoms with van der Waals surface area (Å²) in [6.45, 7) is 0. The summed E-state index contributed by atoms with van der Waals surface area (Å²) in [5.74, 6) is -1.04. The largest absolute Gasteiger partial charge is 0.493 e. The molecule has 0 saturated heterocycles. The zero-order chi connectivity index (χ0) is 17.0. The number of hydrogen-bond acceptors (Lipinski definition) is 4. The lowest BCUT2D eigenvalue weighted by Crippen LogP contribution is -2.15. The molecule has 0 bridgehead atoms. The third-order valence-electron chi connectivity index (χ3n) is 3.12. The number of nitrogens with one attached hydrogen (secondary N) is 1. The van der Waals surface area contributed by atoms with Gasteiger partial charge in [-0.05, 0) is 28.1 Å². The Morgan fingerprint density at radius 2 is 1.65 bits per heavy atom. The van der Waals surface area contributed by atoms with Gasteiger partial charge >= 0.3 is 5.97 Å². The minimum absolute atomic E-state index is 0.0944. The van der Waals surface area contributed by atoms with E-state index in [1.807, 2.05) is 0 Å². The molecule has 0 fully saturated rings. The first-order valence-electron chi connectivity index (χ1n) is 6.53. The van der Waals surface area contributed by atoms with Crippen molar-refractivity contribution in [1.29, 1.82) is 0 Å². The topological polar surface area (TPSA) is 84.9 Å². The smallest absolute Gasteiger partial charge is 0.337 e. The summed E-state index contributed by atoms with van der Waals surface area (Å²) in [6, 6.07) is 9.56. The average Bonchev–Trinajstić information content (AvgIpc) is 2.54. The molecule has 2 N–H and O–H groups in total. The number of amides is 1. The second-order valence-corrected chi connectivity index (χ2v) is 5.35. The van der Waals surface area contributed by atoms with Crippen molar-refractivity contribution in [3.63, 3.8) is 0 Å². The molecule has 0 unspecified atom stereocenters. The van der Waals surface area contributed by atoms with Crippen molar-refractivity contribution in [3.05, 3.63) is 52.0 Å². The summed E-state index contributed by atoms with van der Waals surface area (Å²) >= 11 is 3.29. The molecule has 0 spiro atoms. The molecule has 0 heterocycles. The number of carboxylic acid groups (broad SMARTS) is 1. The van der Waals surface area contributed by atoms with E-state index >= 15 is 0 Å². The number of anilines is 1. The lowest BCUT2D eigenvalue weighted by molar-refractivity contribution is 0.0697. The highest BCUT2D eigenvalue weighted by Gasteiger charge is 2.19. The summed E-state index contributed by atoms with van der Waals surface area (Å²) in [5.41, 5.74) is 0.414. The highest BCUT2D eigenvalue weighted by atomic mass is 79.9. The monoisotopic (exact) mass is 379 g/mol. The van der Waals surface area contributed by atoms with E-state index in [0.717, 1.165) is 0 Å². The lowest BCUT2D eigenvalue weighted by atomic mass is 10.1. The van der Waals surface area contributed by atoms with Crippen molar-refractivity contribution < 1.29 is 24.2 Å². The van der Waals surface area contributed by atoms with Crippen molar-refractivity contribution >= 4 is 33.5 Å². The van der Waals surface area contributed by atoms with E-state index in [4.69, 9.17) is 9.47 Å². The predicted molar refractivity (Wildman–Crippen MR) is 88.6 cm³/mol. The Kier molecular flexibility index (Phi) is 5.23. The van der Waals surface area contributed by atoms with Crippen molar-refractivity contribution in [2.45, 2.75) is 0 Å². The molecule has 0 saturated carbocycles. The molecule has 1 amide bonds. The number of rotatable bonds is 5. The van der Waals surface area contributed by atoms with Crippen molar-refractivity contribution in [1.82, 2.24) is 0 Å². The minimum Gasteiger partial charge on any atom is -0.493 e. The van der Waals surface area contributed by atoms with Gasteiger partial charge in [-0.3, -0.25) is 4.79 Å². The number of carbonyl (C=O) groups is 2. The fourth-order valence-electron chi connectivity index (χ4n) is 1.99. The highest BCUT2D eigenvalue weighted by molar-refractivity contribution is 9.10. The molecule has 120 valence electrons. The van der Waals surface area contributed by atoms with Crippen molar-refractivity contribution in [2.24, 2.45) is 0 Å². The normalized spacial score (nSPS) is 10.0. The van der Waals surface area contributed by atoms with Crippen LogP contribution in [-0.4, -0.2) is 31.2 Å². The standard InChI is InChI=1S/C16H14BrNO5/c1-22-13-7-10(16(20)21)12(8-14(13)23-2)18-15(19)9-5-3-4-6-11(9)17/h3-8H,1-2H3,(H,18,19)(H,20,21). The number of aromatic carboxylic acids is 1. The van der Waals surface area contributed by atoms with E-state index in [0.29, 0.717) is 15.8 Å². The summed E-state index contributed by atoms with van der Waals surface area (Å²) in [5, 5.41) is 11.9. The molecule has 0 radical (unpaired) electrons. The molecule has 2 aromatic carbocycles.